The van der Waals surface area contributed by atoms with Crippen LogP contribution in [0.2, 0.25) is 0 Å². The third kappa shape index (κ3) is 5.49. The number of ether oxygens (including phenoxy) is 2. The molecule has 220 valence electrons. The Kier molecular flexibility index (Phi) is 7.83. The second-order valence-electron chi connectivity index (χ2n) is 11.8. The van der Waals surface area contributed by atoms with Crippen LogP contribution in [-0.2, 0) is 19.7 Å². The summed E-state index contributed by atoms with van der Waals surface area (Å²) in [4.78, 5) is 45.4. The first-order valence-electron chi connectivity index (χ1n) is 14.1. The van der Waals surface area contributed by atoms with Crippen molar-refractivity contribution in [3.8, 4) is 5.75 Å². The van der Waals surface area contributed by atoms with Crippen LogP contribution in [0.5, 0.6) is 5.75 Å². The fourth-order valence-corrected chi connectivity index (χ4v) is 6.06. The van der Waals surface area contributed by atoms with Crippen LogP contribution in [0.3, 0.4) is 0 Å². The molecule has 3 aromatic rings. The van der Waals surface area contributed by atoms with Gasteiger partial charge in [-0.1, -0.05) is 36.2 Å². The van der Waals surface area contributed by atoms with Crippen molar-refractivity contribution in [3.63, 3.8) is 0 Å². The summed E-state index contributed by atoms with van der Waals surface area (Å²) >= 11 is 0. The van der Waals surface area contributed by atoms with Crippen LogP contribution in [0.1, 0.15) is 58.4 Å². The van der Waals surface area contributed by atoms with Crippen LogP contribution in [0.15, 0.2) is 53.8 Å². The molecule has 2 aromatic carbocycles. The molecule has 2 heterocycles. The minimum atomic E-state index is -0.847. The Morgan fingerprint density at radius 2 is 1.83 bits per heavy atom. The predicted molar refractivity (Wildman–Crippen MR) is 156 cm³/mol. The van der Waals surface area contributed by atoms with Gasteiger partial charge < -0.3 is 19.7 Å². The van der Waals surface area contributed by atoms with E-state index in [1.807, 2.05) is 24.3 Å². The van der Waals surface area contributed by atoms with Gasteiger partial charge in [0.2, 0.25) is 11.8 Å². The van der Waals surface area contributed by atoms with Gasteiger partial charge in [-0.15, -0.1) is 0 Å². The maximum Gasteiger partial charge on any atom is 0.435 e. The Morgan fingerprint density at radius 3 is 2.48 bits per heavy atom. The van der Waals surface area contributed by atoms with Crippen molar-refractivity contribution in [3.05, 3.63) is 64.7 Å². The van der Waals surface area contributed by atoms with Crippen LogP contribution < -0.4 is 10.1 Å². The van der Waals surface area contributed by atoms with Crippen molar-refractivity contribution < 1.29 is 23.9 Å². The quantitative estimate of drug-likeness (QED) is 0.232. The van der Waals surface area contributed by atoms with Crippen LogP contribution in [0.4, 0.5) is 10.5 Å². The molecule has 1 unspecified atom stereocenters. The Bertz CT molecular complexity index is 1550. The van der Waals surface area contributed by atoms with Gasteiger partial charge in [0.05, 0.1) is 36.0 Å². The number of hydrogen-bond acceptors (Lipinski definition) is 7. The summed E-state index contributed by atoms with van der Waals surface area (Å²) in [6.45, 7) is 5.46. The molecule has 2 fully saturated rings. The SMILES string of the molecule is COc1ccc(C2(C(=O)N3CC(N=[N+]=[N-])C[C@@H]3C(=O)Nc3cccc4c3cnn4C(=O)OC(C)(C)C)CCCC2)cc1. The Hall–Kier alpha value is -4.57. The van der Waals surface area contributed by atoms with Crippen LogP contribution in [0, 0.1) is 0 Å². The molecule has 2 aliphatic rings. The van der Waals surface area contributed by atoms with E-state index in [0.29, 0.717) is 35.2 Å². The number of amides is 2. The lowest BCUT2D eigenvalue weighted by Gasteiger charge is -2.35. The monoisotopic (exact) mass is 573 g/mol. The number of fused-ring (bicyclic) bond motifs is 1. The van der Waals surface area contributed by atoms with Gasteiger partial charge in [-0.25, -0.2) is 4.79 Å². The minimum absolute atomic E-state index is 0.142. The van der Waals surface area contributed by atoms with Gasteiger partial charge in [0.1, 0.15) is 17.4 Å². The maximum atomic E-state index is 14.4. The molecule has 5 rings (SSSR count). The van der Waals surface area contributed by atoms with Crippen molar-refractivity contribution >= 4 is 34.5 Å². The third-order valence-electron chi connectivity index (χ3n) is 8.00. The van der Waals surface area contributed by atoms with E-state index in [9.17, 15) is 14.4 Å². The molecule has 1 saturated heterocycles. The van der Waals surface area contributed by atoms with E-state index in [2.05, 4.69) is 20.4 Å². The summed E-state index contributed by atoms with van der Waals surface area (Å²) in [7, 11) is 1.60. The zero-order valence-corrected chi connectivity index (χ0v) is 24.2. The highest BCUT2D eigenvalue weighted by Gasteiger charge is 2.50. The molecule has 0 spiro atoms. The van der Waals surface area contributed by atoms with Crippen LogP contribution in [0.25, 0.3) is 21.3 Å². The lowest BCUT2D eigenvalue weighted by atomic mass is 9.77. The van der Waals surface area contributed by atoms with Crippen molar-refractivity contribution in [1.29, 1.82) is 0 Å². The van der Waals surface area contributed by atoms with Gasteiger partial charge >= 0.3 is 6.09 Å². The zero-order chi connectivity index (χ0) is 30.1. The average molecular weight is 574 g/mol. The normalized spacial score (nSPS) is 19.8. The standard InChI is InChI=1S/C30H35N7O5/c1-29(2,3)42-28(40)37-24-9-7-8-23(22(24)17-32-37)33-26(38)25-16-20(34-35-31)18-36(25)27(39)30(14-5-6-15-30)19-10-12-21(41-4)13-11-19/h7-13,17,20,25H,5-6,14-16,18H2,1-4H3,(H,33,38)/t20?,25-/m1/s1. The molecule has 1 aliphatic heterocycles. The van der Waals surface area contributed by atoms with E-state index in [4.69, 9.17) is 15.0 Å². The topological polar surface area (TPSA) is 152 Å². The summed E-state index contributed by atoms with van der Waals surface area (Å²) in [6, 6.07) is 11.3. The number of azide groups is 1. The van der Waals surface area contributed by atoms with E-state index in [0.717, 1.165) is 23.1 Å². The Balaban J connectivity index is 1.44. The van der Waals surface area contributed by atoms with Gasteiger partial charge in [-0.2, -0.15) is 9.78 Å². The number of carbonyl (C=O) groups is 3. The van der Waals surface area contributed by atoms with Gasteiger partial charge in [0, 0.05) is 16.8 Å². The second kappa shape index (κ2) is 11.4. The number of rotatable bonds is 6. The van der Waals surface area contributed by atoms with E-state index < -0.39 is 35.1 Å². The number of anilines is 1. The summed E-state index contributed by atoms with van der Waals surface area (Å²) in [5.41, 5.74) is 9.45. The molecule has 1 saturated carbocycles. The predicted octanol–water partition coefficient (Wildman–Crippen LogP) is 5.56. The largest absolute Gasteiger partial charge is 0.497 e. The van der Waals surface area contributed by atoms with E-state index in [-0.39, 0.29) is 18.9 Å². The molecule has 1 N–H and O–H groups in total. The number of nitrogens with zero attached hydrogens (tertiary/aromatic N) is 6. The fourth-order valence-electron chi connectivity index (χ4n) is 6.06. The molecule has 0 bridgehead atoms. The van der Waals surface area contributed by atoms with E-state index >= 15 is 0 Å². The molecule has 42 heavy (non-hydrogen) atoms. The molecule has 1 aliphatic carbocycles. The fraction of sp³-hybridized carbons (Fsp3) is 0.467. The van der Waals surface area contributed by atoms with E-state index in [1.165, 1.54) is 6.20 Å². The molecule has 2 amide bonds. The number of methoxy groups -OCH3 is 1. The molecule has 2 atom stereocenters. The van der Waals surface area contributed by atoms with Crippen molar-refractivity contribution in [2.75, 3.05) is 19.0 Å². The molecule has 1 aromatic heterocycles. The third-order valence-corrected chi connectivity index (χ3v) is 8.00. The second-order valence-corrected chi connectivity index (χ2v) is 11.8. The Labute approximate surface area is 243 Å². The van der Waals surface area contributed by atoms with Gasteiger partial charge in [-0.3, -0.25) is 9.59 Å². The first-order valence-corrected chi connectivity index (χ1v) is 14.1. The highest BCUT2D eigenvalue weighted by atomic mass is 16.6. The van der Waals surface area contributed by atoms with Crippen molar-refractivity contribution in [2.24, 2.45) is 5.11 Å². The number of aromatic nitrogens is 2. The summed E-state index contributed by atoms with van der Waals surface area (Å²) in [6.07, 6.45) is 4.18. The molecular weight excluding hydrogens is 538 g/mol. The van der Waals surface area contributed by atoms with E-state index in [1.54, 1.807) is 51.0 Å². The summed E-state index contributed by atoms with van der Waals surface area (Å²) in [5, 5.41) is 11.6. The van der Waals surface area contributed by atoms with Crippen LogP contribution >= 0.6 is 0 Å². The van der Waals surface area contributed by atoms with Gasteiger partial charge in [0.15, 0.2) is 0 Å². The van der Waals surface area contributed by atoms with Crippen LogP contribution in [-0.4, -0.2) is 63.9 Å². The number of carbonyl (C=O) groups excluding carboxylic acids is 3. The smallest absolute Gasteiger partial charge is 0.435 e. The number of nitrogens with one attached hydrogen (secondary N) is 1. The van der Waals surface area contributed by atoms with Crippen molar-refractivity contribution in [2.45, 2.75) is 76.0 Å². The number of likely N-dealkylation sites (tertiary alicyclic amines) is 1. The molecule has 12 nitrogen and oxygen atoms in total. The van der Waals surface area contributed by atoms with Gasteiger partial charge in [0.25, 0.3) is 0 Å². The first kappa shape index (κ1) is 28.9. The zero-order valence-electron chi connectivity index (χ0n) is 24.2. The molecular formula is C30H35N7O5. The Morgan fingerprint density at radius 1 is 1.12 bits per heavy atom. The minimum Gasteiger partial charge on any atom is -0.497 e. The lowest BCUT2D eigenvalue weighted by Crippen LogP contribution is -2.51. The van der Waals surface area contributed by atoms with Crippen molar-refractivity contribution in [1.82, 2.24) is 14.7 Å². The molecule has 0 radical (unpaired) electrons. The average Bonchev–Trinajstić information content (AvgIpc) is 3.71. The maximum absolute atomic E-state index is 14.4. The lowest BCUT2D eigenvalue weighted by molar-refractivity contribution is -0.141. The summed E-state index contributed by atoms with van der Waals surface area (Å²) in [5.74, 6) is 0.154. The summed E-state index contributed by atoms with van der Waals surface area (Å²) < 4.78 is 11.9. The highest BCUT2D eigenvalue weighted by molar-refractivity contribution is 6.05. The number of hydrogen-bond donors (Lipinski definition) is 1. The first-order chi connectivity index (χ1) is 20.1. The highest BCUT2D eigenvalue weighted by Crippen LogP contribution is 2.44. The molecule has 12 heteroatoms. The number of benzene rings is 2. The van der Waals surface area contributed by atoms with Gasteiger partial charge in [-0.05, 0) is 75.4 Å².